The molecule has 0 spiro atoms. The average molecular weight is 191 g/mol. The van der Waals surface area contributed by atoms with Crippen LogP contribution in [0.2, 0.25) is 0 Å². The van der Waals surface area contributed by atoms with E-state index in [1.54, 1.807) is 0 Å². The van der Waals surface area contributed by atoms with E-state index in [2.05, 4.69) is 6.07 Å². The number of hydrogen-bond acceptors (Lipinski definition) is 2. The first kappa shape index (κ1) is 10.8. The number of benzene rings is 1. The van der Waals surface area contributed by atoms with Crippen LogP contribution in [-0.2, 0) is 9.53 Å². The first-order chi connectivity index (χ1) is 6.54. The van der Waals surface area contributed by atoms with E-state index in [0.29, 0.717) is 0 Å². The van der Waals surface area contributed by atoms with Crippen molar-refractivity contribution in [2.24, 2.45) is 0 Å². The second kappa shape index (κ2) is 4.27. The van der Waals surface area contributed by atoms with Gasteiger partial charge in [-0.3, -0.25) is 4.79 Å². The van der Waals surface area contributed by atoms with Crippen molar-refractivity contribution in [1.29, 1.82) is 0 Å². The van der Waals surface area contributed by atoms with Gasteiger partial charge in [0.2, 0.25) is 0 Å². The van der Waals surface area contributed by atoms with Crippen LogP contribution in [0.5, 0.6) is 0 Å². The molecule has 0 aliphatic carbocycles. The highest BCUT2D eigenvalue weighted by molar-refractivity contribution is 5.77. The van der Waals surface area contributed by atoms with E-state index in [9.17, 15) is 4.79 Å². The third-order valence-corrected chi connectivity index (χ3v) is 2.22. The van der Waals surface area contributed by atoms with Crippen molar-refractivity contribution in [3.05, 3.63) is 34.9 Å². The molecule has 0 fully saturated rings. The molecular formula is C12H15O2. The minimum atomic E-state index is -0.202. The largest absolute Gasteiger partial charge is 0.469 e. The van der Waals surface area contributed by atoms with Gasteiger partial charge in [0.1, 0.15) is 0 Å². The van der Waals surface area contributed by atoms with Crippen LogP contribution in [0.3, 0.4) is 0 Å². The highest BCUT2D eigenvalue weighted by atomic mass is 16.5. The smallest absolute Gasteiger partial charge is 0.312 e. The molecule has 0 saturated carbocycles. The molecule has 0 saturated heterocycles. The second-order valence-corrected chi connectivity index (χ2v) is 3.52. The van der Waals surface area contributed by atoms with Crippen LogP contribution in [0.15, 0.2) is 12.1 Å². The summed E-state index contributed by atoms with van der Waals surface area (Å²) in [5, 5.41) is 0. The topological polar surface area (TPSA) is 26.3 Å². The normalized spacial score (nSPS) is 12.3. The van der Waals surface area contributed by atoms with Gasteiger partial charge in [-0.25, -0.2) is 0 Å². The molecule has 0 N–H and O–H groups in total. The molecule has 1 unspecified atom stereocenters. The van der Waals surface area contributed by atoms with E-state index < -0.39 is 0 Å². The maximum Gasteiger partial charge on any atom is 0.312 e. The molecule has 2 heteroatoms. The molecule has 1 aromatic rings. The lowest BCUT2D eigenvalue weighted by Gasteiger charge is -2.10. The molecular weight excluding hydrogens is 176 g/mol. The summed E-state index contributed by atoms with van der Waals surface area (Å²) in [5.41, 5.74) is 3.09. The Morgan fingerprint density at radius 1 is 1.36 bits per heavy atom. The SMILES string of the molecule is COC(=O)C(C)c1cc(C)[c]c(C)c1. The summed E-state index contributed by atoms with van der Waals surface area (Å²) in [5.74, 6) is -0.401. The summed E-state index contributed by atoms with van der Waals surface area (Å²) in [7, 11) is 1.41. The predicted octanol–water partition coefficient (Wildman–Crippen LogP) is 2.38. The zero-order chi connectivity index (χ0) is 10.7. The molecule has 0 aliphatic rings. The number of esters is 1. The Morgan fingerprint density at radius 3 is 2.29 bits per heavy atom. The zero-order valence-corrected chi connectivity index (χ0v) is 9.05. The molecule has 14 heavy (non-hydrogen) atoms. The second-order valence-electron chi connectivity index (χ2n) is 3.52. The Labute approximate surface area is 84.9 Å². The number of hydrogen-bond donors (Lipinski definition) is 0. The Kier molecular flexibility index (Phi) is 3.28. The first-order valence-corrected chi connectivity index (χ1v) is 4.63. The van der Waals surface area contributed by atoms with Crippen molar-refractivity contribution >= 4 is 5.97 Å². The van der Waals surface area contributed by atoms with Crippen molar-refractivity contribution in [1.82, 2.24) is 0 Å². The van der Waals surface area contributed by atoms with Gasteiger partial charge in [-0.1, -0.05) is 12.1 Å². The van der Waals surface area contributed by atoms with E-state index >= 15 is 0 Å². The molecule has 1 rings (SSSR count). The maximum absolute atomic E-state index is 11.3. The van der Waals surface area contributed by atoms with E-state index in [0.717, 1.165) is 16.7 Å². The zero-order valence-electron chi connectivity index (χ0n) is 9.05. The first-order valence-electron chi connectivity index (χ1n) is 4.63. The monoisotopic (exact) mass is 191 g/mol. The van der Waals surface area contributed by atoms with Crippen molar-refractivity contribution < 1.29 is 9.53 Å². The quantitative estimate of drug-likeness (QED) is 0.671. The molecule has 0 heterocycles. The van der Waals surface area contributed by atoms with Gasteiger partial charge in [0, 0.05) is 0 Å². The molecule has 0 aliphatic heterocycles. The predicted molar refractivity (Wildman–Crippen MR) is 55.2 cm³/mol. The summed E-state index contributed by atoms with van der Waals surface area (Å²) >= 11 is 0. The van der Waals surface area contributed by atoms with Crippen LogP contribution in [0.1, 0.15) is 29.5 Å². The van der Waals surface area contributed by atoms with Crippen LogP contribution >= 0.6 is 0 Å². The van der Waals surface area contributed by atoms with Gasteiger partial charge < -0.3 is 4.74 Å². The lowest BCUT2D eigenvalue weighted by Crippen LogP contribution is -2.11. The fourth-order valence-electron chi connectivity index (χ4n) is 1.49. The molecule has 1 atom stereocenters. The van der Waals surface area contributed by atoms with Gasteiger partial charge in [0.05, 0.1) is 13.0 Å². The summed E-state index contributed by atoms with van der Waals surface area (Å²) < 4.78 is 4.70. The Balaban J connectivity index is 3.00. The van der Waals surface area contributed by atoms with Crippen molar-refractivity contribution in [3.8, 4) is 0 Å². The molecule has 75 valence electrons. The lowest BCUT2D eigenvalue weighted by atomic mass is 9.97. The van der Waals surface area contributed by atoms with E-state index in [4.69, 9.17) is 4.74 Å². The van der Waals surface area contributed by atoms with E-state index in [1.165, 1.54) is 7.11 Å². The van der Waals surface area contributed by atoms with Crippen molar-refractivity contribution in [3.63, 3.8) is 0 Å². The average Bonchev–Trinajstić information content (AvgIpc) is 2.14. The fourth-order valence-corrected chi connectivity index (χ4v) is 1.49. The van der Waals surface area contributed by atoms with Crippen molar-refractivity contribution in [2.75, 3.05) is 7.11 Å². The molecule has 2 nitrogen and oxygen atoms in total. The van der Waals surface area contributed by atoms with Gasteiger partial charge in [-0.05, 0) is 43.5 Å². The Bertz CT molecular complexity index is 322. The van der Waals surface area contributed by atoms with Gasteiger partial charge in [-0.15, -0.1) is 0 Å². The highest BCUT2D eigenvalue weighted by Crippen LogP contribution is 2.19. The van der Waals surface area contributed by atoms with Crippen LogP contribution in [0.4, 0.5) is 0 Å². The third kappa shape index (κ3) is 2.34. The highest BCUT2D eigenvalue weighted by Gasteiger charge is 2.15. The molecule has 1 radical (unpaired) electrons. The number of rotatable bonds is 2. The Morgan fingerprint density at radius 2 is 1.86 bits per heavy atom. The van der Waals surface area contributed by atoms with E-state index in [1.807, 2.05) is 32.9 Å². The van der Waals surface area contributed by atoms with E-state index in [-0.39, 0.29) is 11.9 Å². The molecule has 0 aromatic heterocycles. The van der Waals surface area contributed by atoms with Gasteiger partial charge >= 0.3 is 5.97 Å². The molecule has 1 aromatic carbocycles. The molecule has 0 bridgehead atoms. The van der Waals surface area contributed by atoms with Crippen LogP contribution in [0, 0.1) is 19.9 Å². The van der Waals surface area contributed by atoms with Crippen LogP contribution in [0.25, 0.3) is 0 Å². The number of carbonyl (C=O) groups excluding carboxylic acids is 1. The summed E-state index contributed by atoms with van der Waals surface area (Å²) in [6.45, 7) is 5.79. The minimum Gasteiger partial charge on any atom is -0.469 e. The summed E-state index contributed by atoms with van der Waals surface area (Å²) in [4.78, 5) is 11.3. The summed E-state index contributed by atoms with van der Waals surface area (Å²) in [6, 6.07) is 7.10. The van der Waals surface area contributed by atoms with Gasteiger partial charge in [-0.2, -0.15) is 0 Å². The Hall–Kier alpha value is -1.31. The van der Waals surface area contributed by atoms with Gasteiger partial charge in [0.25, 0.3) is 0 Å². The number of carbonyl (C=O) groups is 1. The molecule has 0 amide bonds. The van der Waals surface area contributed by atoms with Gasteiger partial charge in [0.15, 0.2) is 0 Å². The third-order valence-electron chi connectivity index (χ3n) is 2.22. The minimum absolute atomic E-state index is 0.199. The lowest BCUT2D eigenvalue weighted by molar-refractivity contribution is -0.141. The maximum atomic E-state index is 11.3. The summed E-state index contributed by atoms with van der Waals surface area (Å²) in [6.07, 6.45) is 0. The van der Waals surface area contributed by atoms with Crippen molar-refractivity contribution in [2.45, 2.75) is 26.7 Å². The number of aryl methyl sites for hydroxylation is 2. The number of methoxy groups -OCH3 is 1. The van der Waals surface area contributed by atoms with Crippen LogP contribution < -0.4 is 0 Å². The van der Waals surface area contributed by atoms with Crippen LogP contribution in [-0.4, -0.2) is 13.1 Å². The number of ether oxygens (including phenoxy) is 1. The standard InChI is InChI=1S/C12H15O2/c1-8-5-9(2)7-11(6-8)10(3)12(13)14-4/h6-7,10H,1-4H3. The fraction of sp³-hybridized carbons (Fsp3) is 0.417.